The molecule has 0 aromatic heterocycles. The van der Waals surface area contributed by atoms with Gasteiger partial charge in [0.25, 0.3) is 0 Å². The van der Waals surface area contributed by atoms with Crippen molar-refractivity contribution in [2.24, 2.45) is 0 Å². The molecule has 0 radical (unpaired) electrons. The van der Waals surface area contributed by atoms with E-state index in [1.807, 2.05) is 0 Å². The number of halogens is 3. The van der Waals surface area contributed by atoms with Crippen LogP contribution in [-0.2, 0) is 4.89 Å². The van der Waals surface area contributed by atoms with Crippen LogP contribution < -0.4 is 56.3 Å². The quantitative estimate of drug-likeness (QED) is 0.318. The molecule has 0 unspecified atom stereocenters. The largest absolute Gasteiger partial charge is 1.00 e. The van der Waals surface area contributed by atoms with Gasteiger partial charge in [-0.1, -0.05) is 0 Å². The third-order valence-corrected chi connectivity index (χ3v) is 1.53. The Morgan fingerprint density at radius 1 is 1.35 bits per heavy atom. The van der Waals surface area contributed by atoms with Crippen molar-refractivity contribution in [3.63, 3.8) is 0 Å². The molecule has 4 nitrogen and oxygen atoms in total. The van der Waals surface area contributed by atoms with Crippen molar-refractivity contribution >= 4 is 5.78 Å². The Labute approximate surface area is 138 Å². The summed E-state index contributed by atoms with van der Waals surface area (Å²) in [6.07, 6.45) is 0. The van der Waals surface area contributed by atoms with Gasteiger partial charge in [0.2, 0.25) is 0 Å². The van der Waals surface area contributed by atoms with Crippen molar-refractivity contribution in [1.82, 2.24) is 0 Å². The van der Waals surface area contributed by atoms with E-state index in [-0.39, 0.29) is 68.2 Å². The van der Waals surface area contributed by atoms with Gasteiger partial charge in [-0.25, -0.2) is 4.39 Å². The first kappa shape index (κ1) is 19.4. The maximum absolute atomic E-state index is 12.7. The number of carbonyl (C=O) groups is 1. The van der Waals surface area contributed by atoms with Gasteiger partial charge in [0.1, 0.15) is 5.82 Å². The van der Waals surface area contributed by atoms with Crippen molar-refractivity contribution in [3.8, 4) is 5.75 Å². The fourth-order valence-electron chi connectivity index (χ4n) is 0.938. The van der Waals surface area contributed by atoms with E-state index in [1.54, 1.807) is 0 Å². The van der Waals surface area contributed by atoms with Gasteiger partial charge in [-0.2, -0.15) is 8.78 Å². The third kappa shape index (κ3) is 6.51. The van der Waals surface area contributed by atoms with Crippen LogP contribution in [0.2, 0.25) is 0 Å². The molecule has 0 aliphatic heterocycles. The van der Waals surface area contributed by atoms with Crippen molar-refractivity contribution in [2.75, 3.05) is 0 Å². The molecule has 17 heavy (non-hydrogen) atoms. The van der Waals surface area contributed by atoms with E-state index in [1.165, 1.54) is 0 Å². The Hall–Kier alpha value is 0.0364. The summed E-state index contributed by atoms with van der Waals surface area (Å²) >= 11 is 0. The van der Waals surface area contributed by atoms with Gasteiger partial charge >= 0.3 is 58.0 Å². The summed E-state index contributed by atoms with van der Waals surface area (Å²) in [6.45, 7) is -1.97. The van der Waals surface area contributed by atoms with Crippen molar-refractivity contribution in [1.29, 1.82) is 0 Å². The zero-order chi connectivity index (χ0) is 11.4. The Morgan fingerprint density at radius 2 is 1.94 bits per heavy atom. The standard InChI is InChI=1S/C9H7F3O3.K.H2O/c1-5(13)7-4-6(10)2-3-8(7)14-15-9(11)12;;/h2-4,9H,1H3;;1H2/q;+1;/p-1. The molecule has 0 bridgehead atoms. The maximum Gasteiger partial charge on any atom is 1.00 e. The van der Waals surface area contributed by atoms with E-state index in [9.17, 15) is 18.0 Å². The SMILES string of the molecule is CC(=O)c1cc(F)ccc1OOC(F)F.[K+].[OH-]. The van der Waals surface area contributed by atoms with Crippen molar-refractivity contribution < 1.29 is 84.6 Å². The van der Waals surface area contributed by atoms with Crippen LogP contribution in [0.5, 0.6) is 5.75 Å². The maximum atomic E-state index is 12.7. The van der Waals surface area contributed by atoms with E-state index in [0.717, 1.165) is 25.1 Å². The number of hydrogen-bond donors (Lipinski definition) is 0. The molecule has 8 heteroatoms. The predicted molar refractivity (Wildman–Crippen MR) is 46.1 cm³/mol. The molecule has 1 aromatic carbocycles. The van der Waals surface area contributed by atoms with Gasteiger partial charge in [-0.3, -0.25) is 4.79 Å². The van der Waals surface area contributed by atoms with Crippen LogP contribution in [0.25, 0.3) is 0 Å². The fraction of sp³-hybridized carbons (Fsp3) is 0.222. The monoisotopic (exact) mass is 276 g/mol. The number of hydrogen-bond acceptors (Lipinski definition) is 4. The van der Waals surface area contributed by atoms with Gasteiger partial charge in [0.15, 0.2) is 11.5 Å². The van der Waals surface area contributed by atoms with Crippen LogP contribution in [0.1, 0.15) is 17.3 Å². The number of rotatable bonds is 4. The molecule has 0 saturated carbocycles. The van der Waals surface area contributed by atoms with Gasteiger partial charge in [0.05, 0.1) is 5.56 Å². The zero-order valence-corrected chi connectivity index (χ0v) is 12.2. The zero-order valence-electron chi connectivity index (χ0n) is 9.12. The molecule has 1 N–H and O–H groups in total. The van der Waals surface area contributed by atoms with Crippen LogP contribution in [-0.4, -0.2) is 17.9 Å². The molecule has 0 fully saturated rings. The molecule has 0 heterocycles. The summed E-state index contributed by atoms with van der Waals surface area (Å²) in [7, 11) is 0. The first-order valence-electron chi connectivity index (χ1n) is 3.92. The van der Waals surface area contributed by atoms with E-state index in [2.05, 4.69) is 9.78 Å². The molecular weight excluding hydrogens is 268 g/mol. The predicted octanol–water partition coefficient (Wildman–Crippen LogP) is -0.611. The van der Waals surface area contributed by atoms with E-state index in [0.29, 0.717) is 0 Å². The minimum atomic E-state index is -3.13. The smallest absolute Gasteiger partial charge is 0.870 e. The minimum absolute atomic E-state index is 0. The Bertz CT molecular complexity index is 373. The molecule has 1 rings (SSSR count). The summed E-state index contributed by atoms with van der Waals surface area (Å²) in [5.41, 5.74) is -0.157. The van der Waals surface area contributed by atoms with Crippen LogP contribution in [0.15, 0.2) is 18.2 Å². The summed E-state index contributed by atoms with van der Waals surface area (Å²) in [4.78, 5) is 18.7. The molecule has 0 spiro atoms. The average molecular weight is 276 g/mol. The van der Waals surface area contributed by atoms with Gasteiger partial charge in [0, 0.05) is 0 Å². The molecular formula is C9H8F3KO4. The average Bonchev–Trinajstić information content (AvgIpc) is 2.15. The van der Waals surface area contributed by atoms with Crippen molar-refractivity contribution in [3.05, 3.63) is 29.6 Å². The third-order valence-electron chi connectivity index (χ3n) is 1.53. The Morgan fingerprint density at radius 3 is 2.41 bits per heavy atom. The van der Waals surface area contributed by atoms with Crippen LogP contribution in [0, 0.1) is 5.82 Å². The molecule has 0 aliphatic rings. The molecule has 0 aliphatic carbocycles. The minimum Gasteiger partial charge on any atom is -0.870 e. The Kier molecular flexibility index (Phi) is 10.3. The number of alkyl halides is 2. The number of carbonyl (C=O) groups excluding carboxylic acids is 1. The van der Waals surface area contributed by atoms with Gasteiger partial charge in [-0.05, 0) is 25.1 Å². The van der Waals surface area contributed by atoms with E-state index >= 15 is 0 Å². The molecule has 90 valence electrons. The van der Waals surface area contributed by atoms with Crippen LogP contribution in [0.3, 0.4) is 0 Å². The summed E-state index contributed by atoms with van der Waals surface area (Å²) in [5, 5.41) is 0. The Balaban J connectivity index is 0. The summed E-state index contributed by atoms with van der Waals surface area (Å²) < 4.78 is 36.0. The number of benzene rings is 1. The molecule has 0 saturated heterocycles. The van der Waals surface area contributed by atoms with E-state index < -0.39 is 18.2 Å². The summed E-state index contributed by atoms with van der Waals surface area (Å²) in [6, 6.07) is 2.89. The van der Waals surface area contributed by atoms with Crippen molar-refractivity contribution in [2.45, 2.75) is 13.5 Å². The first-order chi connectivity index (χ1) is 7.00. The second kappa shape index (κ2) is 9.03. The van der Waals surface area contributed by atoms with Gasteiger partial charge in [-0.15, -0.1) is 4.89 Å². The van der Waals surface area contributed by atoms with E-state index in [4.69, 9.17) is 0 Å². The topological polar surface area (TPSA) is 65.5 Å². The second-order valence-electron chi connectivity index (χ2n) is 2.64. The molecule has 1 aromatic rings. The number of ketones is 1. The molecule has 0 amide bonds. The molecule has 0 atom stereocenters. The van der Waals surface area contributed by atoms with Crippen LogP contribution >= 0.6 is 0 Å². The summed E-state index contributed by atoms with van der Waals surface area (Å²) in [5.74, 6) is -1.42. The number of Topliss-reactive ketones (excluding diaryl/α,β-unsaturated/α-hetero) is 1. The second-order valence-corrected chi connectivity index (χ2v) is 2.64. The van der Waals surface area contributed by atoms with Gasteiger partial charge < -0.3 is 10.4 Å². The fourth-order valence-corrected chi connectivity index (χ4v) is 0.938. The normalized spacial score (nSPS) is 9.24. The first-order valence-corrected chi connectivity index (χ1v) is 3.92. The van der Waals surface area contributed by atoms with Crippen LogP contribution in [0.4, 0.5) is 13.2 Å².